The summed E-state index contributed by atoms with van der Waals surface area (Å²) in [5.41, 5.74) is 0.407. The zero-order valence-corrected chi connectivity index (χ0v) is 10.5. The maximum absolute atomic E-state index is 5.17. The van der Waals surface area contributed by atoms with Crippen LogP contribution in [0.4, 0.5) is 0 Å². The molecule has 0 heterocycles. The third-order valence-electron chi connectivity index (χ3n) is 3.56. The Morgan fingerprint density at radius 1 is 1.27 bits per heavy atom. The Balaban J connectivity index is 2.35. The quantitative estimate of drug-likeness (QED) is 0.713. The largest absolute Gasteiger partial charge is 0.355 e. The summed E-state index contributed by atoms with van der Waals surface area (Å²) in [6.07, 6.45) is 5.17. The third kappa shape index (κ3) is 3.74. The minimum absolute atomic E-state index is 0.122. The van der Waals surface area contributed by atoms with Gasteiger partial charge in [0, 0.05) is 26.8 Å². The molecule has 0 aromatic carbocycles. The van der Waals surface area contributed by atoms with Gasteiger partial charge in [0.05, 0.1) is 0 Å². The average molecular weight is 215 g/mol. The second-order valence-electron chi connectivity index (χ2n) is 5.10. The van der Waals surface area contributed by atoms with Gasteiger partial charge in [0.1, 0.15) is 0 Å². The third-order valence-corrected chi connectivity index (χ3v) is 3.56. The van der Waals surface area contributed by atoms with Crippen molar-refractivity contribution in [1.29, 1.82) is 0 Å². The average Bonchev–Trinajstić information content (AvgIpc) is 2.21. The summed E-state index contributed by atoms with van der Waals surface area (Å²) < 4.78 is 10.3. The van der Waals surface area contributed by atoms with Gasteiger partial charge in [-0.05, 0) is 18.3 Å². The number of hydrogen-bond donors (Lipinski definition) is 1. The van der Waals surface area contributed by atoms with E-state index in [9.17, 15) is 0 Å². The van der Waals surface area contributed by atoms with Crippen molar-refractivity contribution in [3.63, 3.8) is 0 Å². The van der Waals surface area contributed by atoms with Gasteiger partial charge in [0.15, 0.2) is 6.29 Å². The lowest BCUT2D eigenvalue weighted by Crippen LogP contribution is -2.47. The van der Waals surface area contributed by atoms with Crippen LogP contribution in [0.25, 0.3) is 0 Å². The molecule has 90 valence electrons. The molecule has 0 aromatic heterocycles. The zero-order chi connectivity index (χ0) is 11.3. The van der Waals surface area contributed by atoms with Crippen molar-refractivity contribution in [2.24, 2.45) is 5.41 Å². The molecule has 1 N–H and O–H groups in total. The van der Waals surface area contributed by atoms with Gasteiger partial charge in [-0.25, -0.2) is 0 Å². The first kappa shape index (κ1) is 12.9. The van der Waals surface area contributed by atoms with E-state index in [1.807, 2.05) is 0 Å². The Kier molecular flexibility index (Phi) is 5.03. The van der Waals surface area contributed by atoms with Gasteiger partial charge in [0.2, 0.25) is 0 Å². The summed E-state index contributed by atoms with van der Waals surface area (Å²) in [6.45, 7) is 5.47. The monoisotopic (exact) mass is 215 g/mol. The molecule has 15 heavy (non-hydrogen) atoms. The van der Waals surface area contributed by atoms with Crippen molar-refractivity contribution in [2.75, 3.05) is 20.8 Å². The van der Waals surface area contributed by atoms with Gasteiger partial charge in [-0.2, -0.15) is 0 Å². The summed E-state index contributed by atoms with van der Waals surface area (Å²) in [6, 6.07) is 0.596. The standard InChI is InChI=1S/C12H25NO2/c1-12(2)8-6-5-7-10(12)13-9-11(14-3)15-4/h10-11,13H,5-9H2,1-4H3. The van der Waals surface area contributed by atoms with Crippen LogP contribution in [0.15, 0.2) is 0 Å². The number of nitrogens with one attached hydrogen (secondary N) is 1. The SMILES string of the molecule is COC(CNC1CCCCC1(C)C)OC. The van der Waals surface area contributed by atoms with E-state index >= 15 is 0 Å². The smallest absolute Gasteiger partial charge is 0.169 e. The molecule has 1 aliphatic rings. The van der Waals surface area contributed by atoms with Gasteiger partial charge in [-0.3, -0.25) is 0 Å². The predicted octanol–water partition coefficient (Wildman–Crippen LogP) is 2.16. The van der Waals surface area contributed by atoms with E-state index in [4.69, 9.17) is 9.47 Å². The highest BCUT2D eigenvalue weighted by molar-refractivity contribution is 4.87. The van der Waals surface area contributed by atoms with E-state index < -0.39 is 0 Å². The Labute approximate surface area is 93.5 Å². The van der Waals surface area contributed by atoms with Crippen LogP contribution in [-0.2, 0) is 9.47 Å². The van der Waals surface area contributed by atoms with Crippen LogP contribution in [0, 0.1) is 5.41 Å². The minimum atomic E-state index is -0.122. The van der Waals surface area contributed by atoms with Crippen LogP contribution in [-0.4, -0.2) is 33.1 Å². The van der Waals surface area contributed by atoms with Crippen LogP contribution >= 0.6 is 0 Å². The van der Waals surface area contributed by atoms with Crippen LogP contribution in [0.2, 0.25) is 0 Å². The van der Waals surface area contributed by atoms with E-state index in [2.05, 4.69) is 19.2 Å². The highest BCUT2D eigenvalue weighted by Gasteiger charge is 2.31. The topological polar surface area (TPSA) is 30.5 Å². The summed E-state index contributed by atoms with van der Waals surface area (Å²) >= 11 is 0. The molecule has 1 aliphatic carbocycles. The molecule has 0 aromatic rings. The molecule has 0 aliphatic heterocycles. The molecule has 3 nitrogen and oxygen atoms in total. The molecule has 1 atom stereocenters. The molecular weight excluding hydrogens is 190 g/mol. The molecule has 0 spiro atoms. The first-order chi connectivity index (χ1) is 7.10. The van der Waals surface area contributed by atoms with E-state index in [-0.39, 0.29) is 6.29 Å². The molecule has 0 radical (unpaired) electrons. The molecule has 0 bridgehead atoms. The van der Waals surface area contributed by atoms with Crippen LogP contribution in [0.3, 0.4) is 0 Å². The maximum Gasteiger partial charge on any atom is 0.169 e. The molecular formula is C12H25NO2. The maximum atomic E-state index is 5.17. The Hall–Kier alpha value is -0.120. The lowest BCUT2D eigenvalue weighted by atomic mass is 9.73. The van der Waals surface area contributed by atoms with Crippen molar-refractivity contribution in [1.82, 2.24) is 5.32 Å². The molecule has 1 fully saturated rings. The van der Waals surface area contributed by atoms with Gasteiger partial charge >= 0.3 is 0 Å². The summed E-state index contributed by atoms with van der Waals surface area (Å²) in [5.74, 6) is 0. The number of rotatable bonds is 5. The number of hydrogen-bond acceptors (Lipinski definition) is 3. The molecule has 0 amide bonds. The summed E-state index contributed by atoms with van der Waals surface area (Å²) in [5, 5.41) is 3.56. The fourth-order valence-electron chi connectivity index (χ4n) is 2.37. The fraction of sp³-hybridized carbons (Fsp3) is 1.00. The highest BCUT2D eigenvalue weighted by atomic mass is 16.7. The van der Waals surface area contributed by atoms with Crippen LogP contribution in [0.1, 0.15) is 39.5 Å². The molecule has 1 unspecified atom stereocenters. The van der Waals surface area contributed by atoms with Crippen molar-refractivity contribution in [3.8, 4) is 0 Å². The second-order valence-corrected chi connectivity index (χ2v) is 5.10. The van der Waals surface area contributed by atoms with Crippen molar-refractivity contribution in [2.45, 2.75) is 51.9 Å². The van der Waals surface area contributed by atoms with Crippen molar-refractivity contribution < 1.29 is 9.47 Å². The van der Waals surface area contributed by atoms with E-state index in [1.54, 1.807) is 14.2 Å². The molecule has 1 saturated carbocycles. The van der Waals surface area contributed by atoms with Crippen LogP contribution in [0.5, 0.6) is 0 Å². The minimum Gasteiger partial charge on any atom is -0.355 e. The van der Waals surface area contributed by atoms with Crippen LogP contribution < -0.4 is 5.32 Å². The zero-order valence-electron chi connectivity index (χ0n) is 10.5. The molecule has 0 saturated heterocycles. The van der Waals surface area contributed by atoms with Gasteiger partial charge < -0.3 is 14.8 Å². The Bertz CT molecular complexity index is 178. The fourth-order valence-corrected chi connectivity index (χ4v) is 2.37. The van der Waals surface area contributed by atoms with Gasteiger partial charge in [-0.1, -0.05) is 26.7 Å². The Morgan fingerprint density at radius 3 is 2.47 bits per heavy atom. The van der Waals surface area contributed by atoms with E-state index in [0.29, 0.717) is 11.5 Å². The van der Waals surface area contributed by atoms with E-state index in [1.165, 1.54) is 25.7 Å². The predicted molar refractivity (Wildman–Crippen MR) is 61.8 cm³/mol. The number of methoxy groups -OCH3 is 2. The summed E-state index contributed by atoms with van der Waals surface area (Å²) in [7, 11) is 3.36. The van der Waals surface area contributed by atoms with Gasteiger partial charge in [0.25, 0.3) is 0 Å². The Morgan fingerprint density at radius 2 is 1.93 bits per heavy atom. The normalized spacial score (nSPS) is 25.8. The van der Waals surface area contributed by atoms with Crippen molar-refractivity contribution in [3.05, 3.63) is 0 Å². The lowest BCUT2D eigenvalue weighted by molar-refractivity contribution is -0.102. The van der Waals surface area contributed by atoms with Gasteiger partial charge in [-0.15, -0.1) is 0 Å². The first-order valence-corrected chi connectivity index (χ1v) is 5.89. The summed E-state index contributed by atoms with van der Waals surface area (Å²) in [4.78, 5) is 0. The number of ether oxygens (including phenoxy) is 2. The second kappa shape index (κ2) is 5.83. The lowest BCUT2D eigenvalue weighted by Gasteiger charge is -2.39. The molecule has 3 heteroatoms. The van der Waals surface area contributed by atoms with Crippen molar-refractivity contribution >= 4 is 0 Å². The van der Waals surface area contributed by atoms with E-state index in [0.717, 1.165) is 6.54 Å². The highest BCUT2D eigenvalue weighted by Crippen LogP contribution is 2.35. The molecule has 1 rings (SSSR count). The first-order valence-electron chi connectivity index (χ1n) is 5.89.